The van der Waals surface area contributed by atoms with Gasteiger partial charge in [-0.25, -0.2) is 0 Å². The van der Waals surface area contributed by atoms with Gasteiger partial charge in [0, 0.05) is 18.2 Å². The minimum absolute atomic E-state index is 0.0370. The number of rotatable bonds is 9. The van der Waals surface area contributed by atoms with E-state index in [0.717, 1.165) is 0 Å². The first-order chi connectivity index (χ1) is 14.6. The van der Waals surface area contributed by atoms with Crippen molar-refractivity contribution in [2.45, 2.75) is 39.8 Å². The number of methoxy groups -OCH3 is 1. The Morgan fingerprint density at radius 3 is 2.29 bits per heavy atom. The van der Waals surface area contributed by atoms with E-state index in [2.05, 4.69) is 10.6 Å². The Morgan fingerprint density at radius 2 is 1.74 bits per heavy atom. The molecule has 3 N–H and O–H groups in total. The van der Waals surface area contributed by atoms with Crippen molar-refractivity contribution in [1.82, 2.24) is 5.32 Å². The van der Waals surface area contributed by atoms with Gasteiger partial charge in [0.1, 0.15) is 5.75 Å². The minimum Gasteiger partial charge on any atom is -0.497 e. The van der Waals surface area contributed by atoms with Crippen LogP contribution in [-0.4, -0.2) is 36.7 Å². The summed E-state index contributed by atoms with van der Waals surface area (Å²) in [7, 11) is 1.54. The second kappa shape index (κ2) is 11.1. The first kappa shape index (κ1) is 24.7. The lowest BCUT2D eigenvalue weighted by molar-refractivity contribution is -0.137. The molecule has 1 atom stereocenters. The van der Waals surface area contributed by atoms with Crippen LogP contribution in [0.5, 0.6) is 11.5 Å². The Balaban J connectivity index is 2.38. The number of esters is 1. The molecule has 7 nitrogen and oxygen atoms in total. The van der Waals surface area contributed by atoms with Gasteiger partial charge in [-0.3, -0.25) is 9.59 Å². The number of benzene rings is 2. The topological polar surface area (TPSA) is 96.9 Å². The third-order valence-electron chi connectivity index (χ3n) is 4.44. The van der Waals surface area contributed by atoms with Crippen LogP contribution in [0, 0.1) is 5.92 Å². The number of ether oxygens (including phenoxy) is 2. The number of amides is 1. The molecule has 0 radical (unpaired) electrons. The highest BCUT2D eigenvalue weighted by molar-refractivity contribution is 6.33. The van der Waals surface area contributed by atoms with E-state index in [1.807, 2.05) is 13.8 Å². The van der Waals surface area contributed by atoms with E-state index in [1.165, 1.54) is 13.2 Å². The number of nitrogens with one attached hydrogen (secondary N) is 2. The van der Waals surface area contributed by atoms with Gasteiger partial charge in [-0.05, 0) is 42.0 Å². The molecule has 0 bridgehead atoms. The molecule has 0 saturated carbocycles. The first-order valence-corrected chi connectivity index (χ1v) is 10.4. The van der Waals surface area contributed by atoms with Gasteiger partial charge in [0.15, 0.2) is 5.75 Å². The van der Waals surface area contributed by atoms with Gasteiger partial charge >= 0.3 is 5.97 Å². The summed E-state index contributed by atoms with van der Waals surface area (Å²) in [4.78, 5) is 25.0. The molecule has 0 spiro atoms. The van der Waals surface area contributed by atoms with E-state index in [9.17, 15) is 14.7 Å². The molecular weight excluding hydrogens is 420 g/mol. The van der Waals surface area contributed by atoms with E-state index < -0.39 is 18.0 Å². The Kier molecular flexibility index (Phi) is 8.86. The average molecular weight is 449 g/mol. The van der Waals surface area contributed by atoms with Crippen molar-refractivity contribution in [1.29, 1.82) is 0 Å². The molecule has 0 saturated heterocycles. The lowest BCUT2D eigenvalue weighted by Crippen LogP contribution is -2.28. The molecule has 0 fully saturated rings. The molecule has 0 aliphatic rings. The smallest absolute Gasteiger partial charge is 0.313 e. The molecule has 1 amide bonds. The lowest BCUT2D eigenvalue weighted by Gasteiger charge is -2.19. The number of aliphatic hydroxyl groups is 1. The van der Waals surface area contributed by atoms with Gasteiger partial charge in [0.05, 0.1) is 29.8 Å². The van der Waals surface area contributed by atoms with Crippen LogP contribution < -0.4 is 20.1 Å². The molecule has 2 rings (SSSR count). The van der Waals surface area contributed by atoms with Gasteiger partial charge in [0.2, 0.25) is 0 Å². The molecule has 2 aromatic rings. The SMILES string of the molecule is COc1ccc(C(=O)Nc2cc(C(O)CNC(C)C)cc(Cl)c2OC(=O)C(C)C)cc1. The van der Waals surface area contributed by atoms with Crippen molar-refractivity contribution in [3.05, 3.63) is 52.5 Å². The summed E-state index contributed by atoms with van der Waals surface area (Å²) in [6, 6.07) is 9.83. The van der Waals surface area contributed by atoms with Crippen molar-refractivity contribution >= 4 is 29.2 Å². The maximum absolute atomic E-state index is 12.8. The van der Waals surface area contributed by atoms with Crippen molar-refractivity contribution in [3.63, 3.8) is 0 Å². The molecule has 0 aliphatic heterocycles. The summed E-state index contributed by atoms with van der Waals surface area (Å²) in [5.74, 6) is -0.644. The van der Waals surface area contributed by atoms with Crippen LogP contribution in [-0.2, 0) is 4.79 Å². The zero-order chi connectivity index (χ0) is 23.1. The van der Waals surface area contributed by atoms with Crippen LogP contribution in [0.25, 0.3) is 0 Å². The van der Waals surface area contributed by atoms with Crippen LogP contribution in [0.2, 0.25) is 5.02 Å². The van der Waals surface area contributed by atoms with E-state index in [-0.39, 0.29) is 28.4 Å². The number of carbonyl (C=O) groups excluding carboxylic acids is 2. The van der Waals surface area contributed by atoms with E-state index >= 15 is 0 Å². The Morgan fingerprint density at radius 1 is 1.10 bits per heavy atom. The summed E-state index contributed by atoms with van der Waals surface area (Å²) in [6.07, 6.45) is -0.869. The Hall–Kier alpha value is -2.61. The molecular formula is C23H29ClN2O5. The third kappa shape index (κ3) is 6.95. The molecule has 1 unspecified atom stereocenters. The lowest BCUT2D eigenvalue weighted by atomic mass is 10.1. The number of hydrogen-bond acceptors (Lipinski definition) is 6. The standard InChI is InChI=1S/C23H29ClN2O5/c1-13(2)23(29)31-21-18(24)10-16(20(27)12-25-14(3)4)11-19(21)26-22(28)15-6-8-17(30-5)9-7-15/h6-11,13-14,20,25,27H,12H2,1-5H3,(H,26,28). The van der Waals surface area contributed by atoms with Crippen molar-refractivity contribution in [2.24, 2.45) is 5.92 Å². The molecule has 8 heteroatoms. The third-order valence-corrected chi connectivity index (χ3v) is 4.73. The second-order valence-corrected chi connectivity index (χ2v) is 8.12. The molecule has 0 aromatic heterocycles. The highest BCUT2D eigenvalue weighted by Gasteiger charge is 2.21. The minimum atomic E-state index is -0.869. The van der Waals surface area contributed by atoms with Gasteiger partial charge in [0.25, 0.3) is 5.91 Å². The maximum Gasteiger partial charge on any atom is 0.313 e. The fourth-order valence-electron chi connectivity index (χ4n) is 2.62. The summed E-state index contributed by atoms with van der Waals surface area (Å²) in [5, 5.41) is 16.5. The van der Waals surface area contributed by atoms with Crippen LogP contribution in [0.4, 0.5) is 5.69 Å². The quantitative estimate of drug-likeness (QED) is 0.393. The molecule has 168 valence electrons. The zero-order valence-corrected chi connectivity index (χ0v) is 19.1. The largest absolute Gasteiger partial charge is 0.497 e. The van der Waals surface area contributed by atoms with Crippen LogP contribution in [0.1, 0.15) is 49.7 Å². The molecule has 0 heterocycles. The van der Waals surface area contributed by atoms with Gasteiger partial charge < -0.3 is 25.2 Å². The number of carbonyl (C=O) groups is 2. The Labute approximate surface area is 187 Å². The average Bonchev–Trinajstić information content (AvgIpc) is 2.73. The molecule has 31 heavy (non-hydrogen) atoms. The summed E-state index contributed by atoms with van der Waals surface area (Å²) in [5.41, 5.74) is 1.05. The van der Waals surface area contributed by atoms with Gasteiger partial charge in [-0.15, -0.1) is 0 Å². The fourth-order valence-corrected chi connectivity index (χ4v) is 2.89. The van der Waals surface area contributed by atoms with Crippen molar-refractivity contribution in [2.75, 3.05) is 19.0 Å². The van der Waals surface area contributed by atoms with Crippen LogP contribution >= 0.6 is 11.6 Å². The summed E-state index contributed by atoms with van der Waals surface area (Å²) >= 11 is 6.38. The molecule has 0 aliphatic carbocycles. The van der Waals surface area contributed by atoms with E-state index in [0.29, 0.717) is 23.4 Å². The number of anilines is 1. The summed E-state index contributed by atoms with van der Waals surface area (Å²) in [6.45, 7) is 7.62. The zero-order valence-electron chi connectivity index (χ0n) is 18.4. The van der Waals surface area contributed by atoms with Crippen molar-refractivity contribution < 1.29 is 24.2 Å². The van der Waals surface area contributed by atoms with E-state index in [1.54, 1.807) is 44.2 Å². The van der Waals surface area contributed by atoms with Crippen LogP contribution in [0.3, 0.4) is 0 Å². The fraction of sp³-hybridized carbons (Fsp3) is 0.391. The van der Waals surface area contributed by atoms with Crippen molar-refractivity contribution in [3.8, 4) is 11.5 Å². The molecule has 2 aromatic carbocycles. The highest BCUT2D eigenvalue weighted by Crippen LogP contribution is 2.37. The highest BCUT2D eigenvalue weighted by atomic mass is 35.5. The van der Waals surface area contributed by atoms with E-state index in [4.69, 9.17) is 21.1 Å². The predicted octanol–water partition coefficient (Wildman–Crippen LogP) is 4.19. The number of halogens is 1. The normalized spacial score (nSPS) is 12.0. The van der Waals surface area contributed by atoms with Gasteiger partial charge in [-0.1, -0.05) is 39.3 Å². The second-order valence-electron chi connectivity index (χ2n) is 7.72. The van der Waals surface area contributed by atoms with Gasteiger partial charge in [-0.2, -0.15) is 0 Å². The number of aliphatic hydroxyl groups excluding tert-OH is 1. The monoisotopic (exact) mass is 448 g/mol. The maximum atomic E-state index is 12.8. The Bertz CT molecular complexity index is 913. The first-order valence-electron chi connectivity index (χ1n) is 10.0. The predicted molar refractivity (Wildman–Crippen MR) is 121 cm³/mol. The van der Waals surface area contributed by atoms with Crippen LogP contribution in [0.15, 0.2) is 36.4 Å². The summed E-state index contributed by atoms with van der Waals surface area (Å²) < 4.78 is 10.6. The number of hydrogen-bond donors (Lipinski definition) is 3.